The van der Waals surface area contributed by atoms with Crippen molar-refractivity contribution in [3.63, 3.8) is 0 Å². The summed E-state index contributed by atoms with van der Waals surface area (Å²) < 4.78 is 14.0. The Morgan fingerprint density at radius 3 is 2.71 bits per heavy atom. The Labute approximate surface area is 132 Å². The molecule has 2 rings (SSSR count). The van der Waals surface area contributed by atoms with Crippen molar-refractivity contribution in [1.82, 2.24) is 5.32 Å². The fraction of sp³-hybridized carbons (Fsp3) is 0.235. The molecular weight excluding hydrogens is 333 g/mol. The lowest BCUT2D eigenvalue weighted by Crippen LogP contribution is -2.14. The average molecular weight is 350 g/mol. The van der Waals surface area contributed by atoms with Gasteiger partial charge in [0.25, 0.3) is 0 Å². The molecule has 0 fully saturated rings. The average Bonchev–Trinajstić information content (AvgIpc) is 2.44. The van der Waals surface area contributed by atoms with Crippen LogP contribution in [0.15, 0.2) is 46.9 Å². The molecule has 0 aromatic heterocycles. The van der Waals surface area contributed by atoms with E-state index in [1.807, 2.05) is 31.3 Å². The first-order chi connectivity index (χ1) is 10.1. The first-order valence-electron chi connectivity index (χ1n) is 6.81. The second-order valence-electron chi connectivity index (χ2n) is 4.89. The van der Waals surface area contributed by atoms with E-state index in [1.54, 1.807) is 6.07 Å². The standard InChI is InChI=1S/C17H17BrFNO/c1-20-7-6-13-4-2-3-5-16(13)17(21)10-12-8-14(18)11-15(19)9-12/h2-5,8-9,11,20H,6-7,10H2,1H3. The topological polar surface area (TPSA) is 29.1 Å². The van der Waals surface area contributed by atoms with Gasteiger partial charge in [-0.2, -0.15) is 0 Å². The maximum absolute atomic E-state index is 13.4. The van der Waals surface area contributed by atoms with Crippen LogP contribution in [-0.4, -0.2) is 19.4 Å². The van der Waals surface area contributed by atoms with E-state index < -0.39 is 0 Å². The molecule has 0 aliphatic heterocycles. The van der Waals surface area contributed by atoms with Crippen molar-refractivity contribution in [3.05, 3.63) is 69.4 Å². The molecule has 0 spiro atoms. The monoisotopic (exact) mass is 349 g/mol. The van der Waals surface area contributed by atoms with Crippen LogP contribution in [0.3, 0.4) is 0 Å². The van der Waals surface area contributed by atoms with Gasteiger partial charge in [-0.05, 0) is 49.3 Å². The first kappa shape index (κ1) is 15.9. The van der Waals surface area contributed by atoms with Crippen LogP contribution in [0.25, 0.3) is 0 Å². The van der Waals surface area contributed by atoms with Crippen molar-refractivity contribution in [2.75, 3.05) is 13.6 Å². The van der Waals surface area contributed by atoms with E-state index in [-0.39, 0.29) is 18.0 Å². The van der Waals surface area contributed by atoms with Crippen molar-refractivity contribution in [2.45, 2.75) is 12.8 Å². The molecule has 110 valence electrons. The van der Waals surface area contributed by atoms with Gasteiger partial charge in [0.1, 0.15) is 5.82 Å². The summed E-state index contributed by atoms with van der Waals surface area (Å²) in [6, 6.07) is 12.1. The molecule has 2 aromatic carbocycles. The third-order valence-corrected chi connectivity index (χ3v) is 3.71. The van der Waals surface area contributed by atoms with Gasteiger partial charge in [0, 0.05) is 16.5 Å². The van der Waals surface area contributed by atoms with E-state index >= 15 is 0 Å². The van der Waals surface area contributed by atoms with E-state index in [2.05, 4.69) is 21.2 Å². The Kier molecular flexibility index (Phi) is 5.65. The Hall–Kier alpha value is -1.52. The summed E-state index contributed by atoms with van der Waals surface area (Å²) in [5.41, 5.74) is 2.41. The molecule has 0 aliphatic carbocycles. The van der Waals surface area contributed by atoms with Crippen LogP contribution in [0.1, 0.15) is 21.5 Å². The number of carbonyl (C=O) groups is 1. The molecule has 0 unspecified atom stereocenters. The molecule has 0 saturated heterocycles. The number of hydrogen-bond acceptors (Lipinski definition) is 2. The number of benzene rings is 2. The van der Waals surface area contributed by atoms with Gasteiger partial charge in [-0.3, -0.25) is 4.79 Å². The van der Waals surface area contributed by atoms with Gasteiger partial charge < -0.3 is 5.32 Å². The summed E-state index contributed by atoms with van der Waals surface area (Å²) >= 11 is 3.25. The van der Waals surface area contributed by atoms with Gasteiger partial charge in [-0.15, -0.1) is 0 Å². The van der Waals surface area contributed by atoms with Crippen LogP contribution in [0.5, 0.6) is 0 Å². The fourth-order valence-corrected chi connectivity index (χ4v) is 2.78. The molecule has 4 heteroatoms. The van der Waals surface area contributed by atoms with Crippen LogP contribution < -0.4 is 5.32 Å². The minimum Gasteiger partial charge on any atom is -0.319 e. The summed E-state index contributed by atoms with van der Waals surface area (Å²) in [7, 11) is 1.88. The highest BCUT2D eigenvalue weighted by molar-refractivity contribution is 9.10. The summed E-state index contributed by atoms with van der Waals surface area (Å²) in [5, 5.41) is 3.08. The Morgan fingerprint density at radius 2 is 2.00 bits per heavy atom. The van der Waals surface area contributed by atoms with E-state index in [9.17, 15) is 9.18 Å². The van der Waals surface area contributed by atoms with Gasteiger partial charge in [0.05, 0.1) is 0 Å². The SMILES string of the molecule is CNCCc1ccccc1C(=O)Cc1cc(F)cc(Br)c1. The largest absolute Gasteiger partial charge is 0.319 e. The predicted molar refractivity (Wildman–Crippen MR) is 86.2 cm³/mol. The van der Waals surface area contributed by atoms with Gasteiger partial charge in [-0.1, -0.05) is 40.2 Å². The molecule has 1 N–H and O–H groups in total. The van der Waals surface area contributed by atoms with Crippen LogP contribution in [0, 0.1) is 5.82 Å². The summed E-state index contributed by atoms with van der Waals surface area (Å²) in [6.45, 7) is 0.815. The minimum atomic E-state index is -0.337. The Bertz CT molecular complexity index is 622. The Balaban J connectivity index is 2.20. The van der Waals surface area contributed by atoms with Crippen molar-refractivity contribution in [3.8, 4) is 0 Å². The van der Waals surface area contributed by atoms with E-state index in [1.165, 1.54) is 12.1 Å². The lowest BCUT2D eigenvalue weighted by atomic mass is 9.97. The van der Waals surface area contributed by atoms with E-state index in [4.69, 9.17) is 0 Å². The third-order valence-electron chi connectivity index (χ3n) is 3.25. The highest BCUT2D eigenvalue weighted by Gasteiger charge is 2.12. The van der Waals surface area contributed by atoms with Crippen LogP contribution in [-0.2, 0) is 12.8 Å². The van der Waals surface area contributed by atoms with E-state index in [0.717, 1.165) is 18.5 Å². The molecule has 0 atom stereocenters. The summed E-state index contributed by atoms with van der Waals surface area (Å²) in [4.78, 5) is 12.5. The zero-order chi connectivity index (χ0) is 15.2. The fourth-order valence-electron chi connectivity index (χ4n) is 2.26. The third kappa shape index (κ3) is 4.48. The quantitative estimate of drug-likeness (QED) is 0.804. The number of rotatable bonds is 6. The lowest BCUT2D eigenvalue weighted by molar-refractivity contribution is 0.0992. The molecule has 0 heterocycles. The lowest BCUT2D eigenvalue weighted by Gasteiger charge is -2.09. The van der Waals surface area contributed by atoms with Crippen LogP contribution >= 0.6 is 15.9 Å². The normalized spacial score (nSPS) is 10.6. The predicted octanol–water partition coefficient (Wildman–Crippen LogP) is 3.78. The molecule has 0 radical (unpaired) electrons. The first-order valence-corrected chi connectivity index (χ1v) is 7.60. The van der Waals surface area contributed by atoms with Crippen molar-refractivity contribution < 1.29 is 9.18 Å². The number of likely N-dealkylation sites (N-methyl/N-ethyl adjacent to an activating group) is 1. The summed E-state index contributed by atoms with van der Waals surface area (Å²) in [5.74, 6) is -0.324. The second kappa shape index (κ2) is 7.48. The van der Waals surface area contributed by atoms with Crippen molar-refractivity contribution in [1.29, 1.82) is 0 Å². The molecule has 2 aromatic rings. The number of Topliss-reactive ketones (excluding diaryl/α,β-unsaturated/α-hetero) is 1. The maximum Gasteiger partial charge on any atom is 0.167 e. The van der Waals surface area contributed by atoms with Gasteiger partial charge >= 0.3 is 0 Å². The maximum atomic E-state index is 13.4. The molecule has 2 nitrogen and oxygen atoms in total. The zero-order valence-electron chi connectivity index (χ0n) is 11.8. The van der Waals surface area contributed by atoms with Crippen LogP contribution in [0.4, 0.5) is 4.39 Å². The minimum absolute atomic E-state index is 0.0132. The molecule has 0 saturated carbocycles. The molecular formula is C17H17BrFNO. The zero-order valence-corrected chi connectivity index (χ0v) is 13.4. The highest BCUT2D eigenvalue weighted by atomic mass is 79.9. The number of hydrogen-bond donors (Lipinski definition) is 1. The number of halogens is 2. The number of carbonyl (C=O) groups excluding carboxylic acids is 1. The Morgan fingerprint density at radius 1 is 1.24 bits per heavy atom. The number of nitrogens with one attached hydrogen (secondary N) is 1. The second-order valence-corrected chi connectivity index (χ2v) is 5.80. The summed E-state index contributed by atoms with van der Waals surface area (Å²) in [6.07, 6.45) is 0.998. The van der Waals surface area contributed by atoms with Crippen molar-refractivity contribution >= 4 is 21.7 Å². The molecule has 0 aliphatic rings. The van der Waals surface area contributed by atoms with Gasteiger partial charge in [0.2, 0.25) is 0 Å². The molecule has 21 heavy (non-hydrogen) atoms. The highest BCUT2D eigenvalue weighted by Crippen LogP contribution is 2.18. The van der Waals surface area contributed by atoms with Crippen molar-refractivity contribution in [2.24, 2.45) is 0 Å². The van der Waals surface area contributed by atoms with Gasteiger partial charge in [-0.25, -0.2) is 4.39 Å². The smallest absolute Gasteiger partial charge is 0.167 e. The van der Waals surface area contributed by atoms with Crippen LogP contribution in [0.2, 0.25) is 0 Å². The number of ketones is 1. The van der Waals surface area contributed by atoms with E-state index in [0.29, 0.717) is 15.6 Å². The molecule has 0 amide bonds. The van der Waals surface area contributed by atoms with Gasteiger partial charge in [0.15, 0.2) is 5.78 Å². The molecule has 0 bridgehead atoms.